The van der Waals surface area contributed by atoms with Crippen molar-refractivity contribution < 1.29 is 4.79 Å². The lowest BCUT2D eigenvalue weighted by molar-refractivity contribution is 0.0952. The topological polar surface area (TPSA) is 63.1 Å². The summed E-state index contributed by atoms with van der Waals surface area (Å²) in [4.78, 5) is 20.4. The van der Waals surface area contributed by atoms with E-state index in [-0.39, 0.29) is 5.91 Å². The Balaban J connectivity index is 1.27. The largest absolute Gasteiger partial charge is 0.352 e. The molecule has 0 bridgehead atoms. The molecule has 6 heteroatoms. The summed E-state index contributed by atoms with van der Waals surface area (Å²) in [6, 6.07) is 18.7. The number of carbonyl (C=O) groups is 1. The minimum atomic E-state index is -0.0638. The van der Waals surface area contributed by atoms with Gasteiger partial charge in [0.1, 0.15) is 0 Å². The summed E-state index contributed by atoms with van der Waals surface area (Å²) in [6.07, 6.45) is 2.02. The Kier molecular flexibility index (Phi) is 6.16. The fourth-order valence-electron chi connectivity index (χ4n) is 4.80. The second kappa shape index (κ2) is 9.39. The number of rotatable bonds is 6. The summed E-state index contributed by atoms with van der Waals surface area (Å²) >= 11 is 0. The van der Waals surface area contributed by atoms with E-state index in [9.17, 15) is 4.79 Å². The number of nitrogens with zero attached hydrogens (tertiary/aromatic N) is 4. The molecule has 0 radical (unpaired) electrons. The molecule has 5 rings (SSSR count). The Morgan fingerprint density at radius 2 is 1.79 bits per heavy atom. The lowest BCUT2D eigenvalue weighted by Crippen LogP contribution is -2.33. The number of hydrogen-bond donors (Lipinski definition) is 1. The summed E-state index contributed by atoms with van der Waals surface area (Å²) in [5.74, 6) is -0.0638. The van der Waals surface area contributed by atoms with Crippen molar-refractivity contribution in [1.82, 2.24) is 25.0 Å². The van der Waals surface area contributed by atoms with Crippen LogP contribution < -0.4 is 5.32 Å². The van der Waals surface area contributed by atoms with Crippen LogP contribution in [0, 0.1) is 20.8 Å². The number of carbonyl (C=O) groups excluding carboxylic acids is 1. The van der Waals surface area contributed by atoms with Crippen LogP contribution in [0.5, 0.6) is 0 Å². The monoisotopic (exact) mass is 453 g/mol. The summed E-state index contributed by atoms with van der Waals surface area (Å²) in [6.45, 7) is 9.61. The molecule has 0 saturated carbocycles. The van der Waals surface area contributed by atoms with E-state index in [4.69, 9.17) is 10.1 Å². The first-order valence-corrected chi connectivity index (χ1v) is 12.0. The third-order valence-corrected chi connectivity index (χ3v) is 6.61. The van der Waals surface area contributed by atoms with E-state index in [1.807, 2.05) is 36.7 Å². The van der Waals surface area contributed by atoms with Gasteiger partial charge in [0.05, 0.1) is 22.3 Å². The molecule has 34 heavy (non-hydrogen) atoms. The highest BCUT2D eigenvalue weighted by atomic mass is 16.1. The average molecular weight is 454 g/mol. The first-order chi connectivity index (χ1) is 16.5. The van der Waals surface area contributed by atoms with Crippen molar-refractivity contribution in [2.45, 2.75) is 40.2 Å². The number of aryl methyl sites for hydroxylation is 3. The van der Waals surface area contributed by atoms with Gasteiger partial charge in [0.25, 0.3) is 5.91 Å². The Bertz CT molecular complexity index is 1340. The number of benzene rings is 2. The maximum atomic E-state index is 13.2. The summed E-state index contributed by atoms with van der Waals surface area (Å²) in [5, 5.41) is 8.66. The predicted molar refractivity (Wildman–Crippen MR) is 135 cm³/mol. The SMILES string of the molecule is Cc1ccc(-n2nc(C)c3c(C(=O)NCCCN4CCc5ccccc5C4)cc(C)nc32)cc1. The molecule has 4 aromatic rings. The molecule has 174 valence electrons. The van der Waals surface area contributed by atoms with Crippen molar-refractivity contribution in [3.63, 3.8) is 0 Å². The zero-order chi connectivity index (χ0) is 23.7. The molecule has 1 aliphatic rings. The van der Waals surface area contributed by atoms with E-state index in [1.54, 1.807) is 0 Å². The van der Waals surface area contributed by atoms with Gasteiger partial charge in [-0.15, -0.1) is 0 Å². The second-order valence-electron chi connectivity index (χ2n) is 9.25. The van der Waals surface area contributed by atoms with Crippen LogP contribution in [0.15, 0.2) is 54.6 Å². The number of nitrogens with one attached hydrogen (secondary N) is 1. The summed E-state index contributed by atoms with van der Waals surface area (Å²) in [5.41, 5.74) is 7.99. The molecule has 0 spiro atoms. The van der Waals surface area contributed by atoms with Gasteiger partial charge in [-0.2, -0.15) is 5.10 Å². The molecular formula is C28H31N5O. The maximum absolute atomic E-state index is 13.2. The highest BCUT2D eigenvalue weighted by molar-refractivity contribution is 6.06. The predicted octanol–water partition coefficient (Wildman–Crippen LogP) is 4.52. The number of hydrogen-bond acceptors (Lipinski definition) is 4. The molecule has 0 fully saturated rings. The molecule has 6 nitrogen and oxygen atoms in total. The fourth-order valence-corrected chi connectivity index (χ4v) is 4.80. The normalized spacial score (nSPS) is 13.7. The maximum Gasteiger partial charge on any atom is 0.252 e. The van der Waals surface area contributed by atoms with E-state index in [1.165, 1.54) is 16.7 Å². The van der Waals surface area contributed by atoms with Gasteiger partial charge in [0.15, 0.2) is 5.65 Å². The first kappa shape index (κ1) is 22.3. The second-order valence-corrected chi connectivity index (χ2v) is 9.25. The van der Waals surface area contributed by atoms with Gasteiger partial charge < -0.3 is 5.32 Å². The van der Waals surface area contributed by atoms with Crippen LogP contribution in [-0.4, -0.2) is 45.2 Å². The van der Waals surface area contributed by atoms with Crippen molar-refractivity contribution in [2.24, 2.45) is 0 Å². The van der Waals surface area contributed by atoms with E-state index in [0.717, 1.165) is 60.6 Å². The van der Waals surface area contributed by atoms with Crippen LogP contribution in [0.1, 0.15) is 44.9 Å². The van der Waals surface area contributed by atoms with Gasteiger partial charge in [-0.3, -0.25) is 9.69 Å². The molecule has 0 saturated heterocycles. The minimum absolute atomic E-state index is 0.0638. The Labute approximate surface area is 200 Å². The van der Waals surface area contributed by atoms with Crippen molar-refractivity contribution in [3.05, 3.63) is 88.2 Å². The van der Waals surface area contributed by atoms with Gasteiger partial charge in [-0.1, -0.05) is 42.0 Å². The van der Waals surface area contributed by atoms with Crippen LogP contribution in [-0.2, 0) is 13.0 Å². The van der Waals surface area contributed by atoms with Gasteiger partial charge in [0, 0.05) is 31.9 Å². The number of fused-ring (bicyclic) bond motifs is 2. The zero-order valence-corrected chi connectivity index (χ0v) is 20.1. The lowest BCUT2D eigenvalue weighted by atomic mass is 10.00. The molecule has 1 N–H and O–H groups in total. The van der Waals surface area contributed by atoms with Crippen LogP contribution in [0.2, 0.25) is 0 Å². The van der Waals surface area contributed by atoms with Gasteiger partial charge in [-0.25, -0.2) is 9.67 Å². The average Bonchev–Trinajstić information content (AvgIpc) is 3.17. The highest BCUT2D eigenvalue weighted by Crippen LogP contribution is 2.25. The van der Waals surface area contributed by atoms with Crippen molar-refractivity contribution >= 4 is 16.9 Å². The van der Waals surface area contributed by atoms with E-state index in [2.05, 4.69) is 53.5 Å². The zero-order valence-electron chi connectivity index (χ0n) is 20.1. The number of pyridine rings is 1. The summed E-state index contributed by atoms with van der Waals surface area (Å²) in [7, 11) is 0. The molecule has 2 aromatic heterocycles. The molecule has 0 aliphatic carbocycles. The van der Waals surface area contributed by atoms with Crippen LogP contribution in [0.3, 0.4) is 0 Å². The molecule has 1 aliphatic heterocycles. The number of amides is 1. The van der Waals surface area contributed by atoms with Crippen molar-refractivity contribution in [1.29, 1.82) is 0 Å². The first-order valence-electron chi connectivity index (χ1n) is 12.0. The van der Waals surface area contributed by atoms with E-state index < -0.39 is 0 Å². The minimum Gasteiger partial charge on any atom is -0.352 e. The van der Waals surface area contributed by atoms with Gasteiger partial charge >= 0.3 is 0 Å². The third kappa shape index (κ3) is 4.46. The van der Waals surface area contributed by atoms with Crippen LogP contribution >= 0.6 is 0 Å². The molecular weight excluding hydrogens is 422 g/mol. The third-order valence-electron chi connectivity index (χ3n) is 6.61. The summed E-state index contributed by atoms with van der Waals surface area (Å²) < 4.78 is 1.84. The van der Waals surface area contributed by atoms with Gasteiger partial charge in [0.2, 0.25) is 0 Å². The molecule has 1 amide bonds. The molecule has 3 heterocycles. The fraction of sp³-hybridized carbons (Fsp3) is 0.321. The molecule has 0 atom stereocenters. The van der Waals surface area contributed by atoms with Crippen LogP contribution in [0.4, 0.5) is 0 Å². The van der Waals surface area contributed by atoms with E-state index >= 15 is 0 Å². The molecule has 0 unspecified atom stereocenters. The van der Waals surface area contributed by atoms with Crippen molar-refractivity contribution in [3.8, 4) is 5.69 Å². The Morgan fingerprint density at radius 3 is 2.59 bits per heavy atom. The number of aromatic nitrogens is 3. The Morgan fingerprint density at radius 1 is 1.03 bits per heavy atom. The smallest absolute Gasteiger partial charge is 0.252 e. The van der Waals surface area contributed by atoms with E-state index in [0.29, 0.717) is 12.1 Å². The highest BCUT2D eigenvalue weighted by Gasteiger charge is 2.20. The standard InChI is InChI=1S/C28H31N5O/c1-19-9-11-24(12-10-19)33-27-26(21(3)31-33)25(17-20(2)30-27)28(34)29-14-6-15-32-16-13-22-7-4-5-8-23(22)18-32/h4-5,7-12,17H,6,13-16,18H2,1-3H3,(H,29,34). The Hall–Kier alpha value is -3.51. The molecule has 2 aromatic carbocycles. The quantitative estimate of drug-likeness (QED) is 0.436. The van der Waals surface area contributed by atoms with Gasteiger partial charge in [-0.05, 0) is 62.9 Å². The lowest BCUT2D eigenvalue weighted by Gasteiger charge is -2.28. The van der Waals surface area contributed by atoms with Crippen molar-refractivity contribution in [2.75, 3.05) is 19.6 Å². The van der Waals surface area contributed by atoms with Crippen LogP contribution in [0.25, 0.3) is 16.7 Å².